The monoisotopic (exact) mass is 207 g/mol. The molecule has 1 aromatic rings. The molecule has 4 N–H and O–H groups in total. The third-order valence-electron chi connectivity index (χ3n) is 1.54. The third-order valence-corrected chi connectivity index (χ3v) is 1.54. The van der Waals surface area contributed by atoms with Gasteiger partial charge in [-0.05, 0) is 18.5 Å². The largest absolute Gasteiger partial charge is 0.488 e. The zero-order valence-corrected chi connectivity index (χ0v) is 8.55. The lowest BCUT2D eigenvalue weighted by atomic mass is 9.80. The van der Waals surface area contributed by atoms with E-state index in [0.29, 0.717) is 5.46 Å². The Morgan fingerprint density at radius 2 is 2.07 bits per heavy atom. The Balaban J connectivity index is 0.000000336. The van der Waals surface area contributed by atoms with Crippen LogP contribution < -0.4 is 11.2 Å². The van der Waals surface area contributed by atoms with E-state index in [4.69, 9.17) is 10.0 Å². The summed E-state index contributed by atoms with van der Waals surface area (Å²) >= 11 is 0. The Kier molecular flexibility index (Phi) is 6.09. The molecule has 0 aliphatic heterocycles. The van der Waals surface area contributed by atoms with Crippen molar-refractivity contribution in [1.29, 1.82) is 0 Å². The SMILES string of the molecule is C=CC(N)=O.Cc1cccc(B(O)O)c1. The van der Waals surface area contributed by atoms with Gasteiger partial charge in [0.15, 0.2) is 0 Å². The molecule has 0 saturated carbocycles. The number of benzene rings is 1. The van der Waals surface area contributed by atoms with Crippen molar-refractivity contribution in [1.82, 2.24) is 0 Å². The average Bonchev–Trinajstić information content (AvgIpc) is 2.18. The van der Waals surface area contributed by atoms with Crippen molar-refractivity contribution in [3.05, 3.63) is 42.5 Å². The number of primary amides is 1. The smallest absolute Gasteiger partial charge is 0.423 e. The van der Waals surface area contributed by atoms with E-state index in [1.54, 1.807) is 18.2 Å². The standard InChI is InChI=1S/C7H9BO2.C3H5NO/c1-6-3-2-4-7(5-6)8(9)10;1-2-3(4)5/h2-5,9-10H,1H3;2H,1H2,(H2,4,5). The van der Waals surface area contributed by atoms with E-state index in [0.717, 1.165) is 11.6 Å². The van der Waals surface area contributed by atoms with Crippen LogP contribution >= 0.6 is 0 Å². The zero-order valence-electron chi connectivity index (χ0n) is 8.55. The van der Waals surface area contributed by atoms with Gasteiger partial charge in [-0.15, -0.1) is 0 Å². The highest BCUT2D eigenvalue weighted by molar-refractivity contribution is 6.58. The van der Waals surface area contributed by atoms with E-state index < -0.39 is 13.0 Å². The number of hydrogen-bond acceptors (Lipinski definition) is 3. The van der Waals surface area contributed by atoms with Crippen LogP contribution in [0, 0.1) is 6.92 Å². The van der Waals surface area contributed by atoms with E-state index in [-0.39, 0.29) is 0 Å². The van der Waals surface area contributed by atoms with Crippen molar-refractivity contribution in [2.75, 3.05) is 0 Å². The molecule has 0 fully saturated rings. The molecule has 1 rings (SSSR count). The van der Waals surface area contributed by atoms with Crippen LogP contribution in [0.2, 0.25) is 0 Å². The first-order valence-corrected chi connectivity index (χ1v) is 4.32. The fourth-order valence-corrected chi connectivity index (χ4v) is 0.831. The van der Waals surface area contributed by atoms with E-state index in [9.17, 15) is 4.79 Å². The Hall–Kier alpha value is -1.59. The summed E-state index contributed by atoms with van der Waals surface area (Å²) in [6, 6.07) is 7.12. The maximum Gasteiger partial charge on any atom is 0.488 e. The minimum atomic E-state index is -1.35. The van der Waals surface area contributed by atoms with Crippen molar-refractivity contribution < 1.29 is 14.8 Å². The molecule has 0 aliphatic carbocycles. The predicted molar refractivity (Wildman–Crippen MR) is 60.4 cm³/mol. The molecule has 80 valence electrons. The second-order valence-corrected chi connectivity index (χ2v) is 2.89. The highest BCUT2D eigenvalue weighted by Gasteiger charge is 2.08. The Bertz CT molecular complexity index is 339. The van der Waals surface area contributed by atoms with Gasteiger partial charge in [0.05, 0.1) is 0 Å². The Labute approximate surface area is 89.2 Å². The molecule has 0 heterocycles. The fourth-order valence-electron chi connectivity index (χ4n) is 0.831. The molecular formula is C10H14BNO3. The van der Waals surface area contributed by atoms with Crippen molar-refractivity contribution in [2.45, 2.75) is 6.92 Å². The average molecular weight is 207 g/mol. The van der Waals surface area contributed by atoms with Crippen LogP contribution in [0.25, 0.3) is 0 Å². The summed E-state index contributed by atoms with van der Waals surface area (Å²) in [5.41, 5.74) is 6.11. The third kappa shape index (κ3) is 6.48. The summed E-state index contributed by atoms with van der Waals surface area (Å²) in [6.45, 7) is 4.99. The molecule has 0 aromatic heterocycles. The maximum atomic E-state index is 9.47. The number of rotatable bonds is 2. The summed E-state index contributed by atoms with van der Waals surface area (Å²) in [5, 5.41) is 17.4. The second kappa shape index (κ2) is 6.81. The number of amides is 1. The van der Waals surface area contributed by atoms with Crippen LogP contribution in [0.5, 0.6) is 0 Å². The van der Waals surface area contributed by atoms with Crippen LogP contribution in [0.15, 0.2) is 36.9 Å². The van der Waals surface area contributed by atoms with Crippen molar-refractivity contribution in [2.24, 2.45) is 5.73 Å². The molecule has 0 spiro atoms. The van der Waals surface area contributed by atoms with Gasteiger partial charge in [0.25, 0.3) is 0 Å². The van der Waals surface area contributed by atoms with E-state index in [1.165, 1.54) is 0 Å². The lowest BCUT2D eigenvalue weighted by molar-refractivity contribution is -0.113. The van der Waals surface area contributed by atoms with E-state index >= 15 is 0 Å². The quantitative estimate of drug-likeness (QED) is 0.444. The van der Waals surface area contributed by atoms with Crippen LogP contribution in [0.1, 0.15) is 5.56 Å². The van der Waals surface area contributed by atoms with Gasteiger partial charge >= 0.3 is 7.12 Å². The van der Waals surface area contributed by atoms with Crippen molar-refractivity contribution in [3.63, 3.8) is 0 Å². The molecule has 1 aromatic carbocycles. The van der Waals surface area contributed by atoms with Gasteiger partial charge in [-0.1, -0.05) is 36.4 Å². The molecule has 5 heteroatoms. The number of hydrogen-bond donors (Lipinski definition) is 3. The first-order valence-electron chi connectivity index (χ1n) is 4.32. The first-order chi connectivity index (χ1) is 6.97. The maximum absolute atomic E-state index is 9.47. The van der Waals surface area contributed by atoms with Crippen LogP contribution in [0.3, 0.4) is 0 Å². The van der Waals surface area contributed by atoms with Crippen molar-refractivity contribution >= 4 is 18.5 Å². The van der Waals surface area contributed by atoms with Gasteiger partial charge in [-0.2, -0.15) is 0 Å². The van der Waals surface area contributed by atoms with Crippen LogP contribution in [-0.4, -0.2) is 23.1 Å². The van der Waals surface area contributed by atoms with Crippen molar-refractivity contribution in [3.8, 4) is 0 Å². The molecule has 0 radical (unpaired) electrons. The summed E-state index contributed by atoms with van der Waals surface area (Å²) in [6.07, 6.45) is 1.06. The molecular weight excluding hydrogens is 193 g/mol. The predicted octanol–water partition coefficient (Wildman–Crippen LogP) is -0.667. The molecule has 4 nitrogen and oxygen atoms in total. The fraction of sp³-hybridized carbons (Fsp3) is 0.100. The van der Waals surface area contributed by atoms with Gasteiger partial charge in [0, 0.05) is 0 Å². The minimum Gasteiger partial charge on any atom is -0.423 e. The zero-order chi connectivity index (χ0) is 11.8. The van der Waals surface area contributed by atoms with Gasteiger partial charge < -0.3 is 15.8 Å². The lowest BCUT2D eigenvalue weighted by Crippen LogP contribution is -2.29. The summed E-state index contributed by atoms with van der Waals surface area (Å²) in [7, 11) is -1.35. The van der Waals surface area contributed by atoms with E-state index in [2.05, 4.69) is 12.3 Å². The Morgan fingerprint density at radius 1 is 1.53 bits per heavy atom. The highest BCUT2D eigenvalue weighted by Crippen LogP contribution is 1.92. The molecule has 0 saturated heterocycles. The number of carbonyl (C=O) groups excluding carboxylic acids is 1. The van der Waals surface area contributed by atoms with Gasteiger partial charge in [-0.3, -0.25) is 4.79 Å². The summed E-state index contributed by atoms with van der Waals surface area (Å²) in [5.74, 6) is -0.481. The van der Waals surface area contributed by atoms with Gasteiger partial charge in [0.1, 0.15) is 0 Å². The summed E-state index contributed by atoms with van der Waals surface area (Å²) < 4.78 is 0. The normalized spacial score (nSPS) is 8.47. The summed E-state index contributed by atoms with van der Waals surface area (Å²) in [4.78, 5) is 9.47. The molecule has 1 amide bonds. The molecule has 0 aliphatic rings. The van der Waals surface area contributed by atoms with E-state index in [1.807, 2.05) is 13.0 Å². The van der Waals surface area contributed by atoms with Gasteiger partial charge in [-0.25, -0.2) is 0 Å². The van der Waals surface area contributed by atoms with Crippen LogP contribution in [0.4, 0.5) is 0 Å². The number of carbonyl (C=O) groups is 1. The number of nitrogens with two attached hydrogens (primary N) is 1. The second-order valence-electron chi connectivity index (χ2n) is 2.89. The molecule has 0 unspecified atom stereocenters. The molecule has 0 atom stereocenters. The Morgan fingerprint density at radius 3 is 2.33 bits per heavy atom. The lowest BCUT2D eigenvalue weighted by Gasteiger charge is -1.98. The minimum absolute atomic E-state index is 0.481. The first kappa shape index (κ1) is 13.4. The highest BCUT2D eigenvalue weighted by atomic mass is 16.4. The topological polar surface area (TPSA) is 83.6 Å². The number of aryl methyl sites for hydroxylation is 1. The molecule has 0 bridgehead atoms. The van der Waals surface area contributed by atoms with Crippen LogP contribution in [-0.2, 0) is 4.79 Å². The molecule has 15 heavy (non-hydrogen) atoms. The van der Waals surface area contributed by atoms with Gasteiger partial charge in [0.2, 0.25) is 5.91 Å².